The molecule has 182 valence electrons. The highest BCUT2D eigenvalue weighted by molar-refractivity contribution is 5.82. The fraction of sp³-hybridized carbons (Fsp3) is 0.296. The summed E-state index contributed by atoms with van der Waals surface area (Å²) in [6.45, 7) is 2.00. The van der Waals surface area contributed by atoms with Gasteiger partial charge in [-0.1, -0.05) is 30.3 Å². The molecule has 3 aromatic rings. The first-order valence-electron chi connectivity index (χ1n) is 11.6. The Morgan fingerprint density at radius 3 is 2.51 bits per heavy atom. The van der Waals surface area contributed by atoms with Gasteiger partial charge in [-0.25, -0.2) is 4.39 Å². The summed E-state index contributed by atoms with van der Waals surface area (Å²) in [6.07, 6.45) is -4.24. The van der Waals surface area contributed by atoms with Crippen molar-refractivity contribution in [2.45, 2.75) is 25.2 Å². The molecule has 5 rings (SSSR count). The number of nitrogens with zero attached hydrogens (tertiary/aromatic N) is 2. The smallest absolute Gasteiger partial charge is 0.368 e. The number of nitrogens with one attached hydrogen (secondary N) is 1. The zero-order valence-corrected chi connectivity index (χ0v) is 18.9. The SMILES string of the molecule is O=C(NCc1cccc(F)c1)[C@H]1Cc2cc(C(F)(F)F)ccc2N2CCN(c3ccccc3)C[C@@H]12. The zero-order chi connectivity index (χ0) is 24.6. The molecule has 2 atom stereocenters. The average molecular weight is 484 g/mol. The fourth-order valence-electron chi connectivity index (χ4n) is 5.14. The normalized spacial score (nSPS) is 19.7. The van der Waals surface area contributed by atoms with E-state index < -0.39 is 17.7 Å². The fourth-order valence-corrected chi connectivity index (χ4v) is 5.14. The second-order valence-electron chi connectivity index (χ2n) is 9.04. The van der Waals surface area contributed by atoms with E-state index in [1.807, 2.05) is 30.3 Å². The molecule has 0 radical (unpaired) electrons. The van der Waals surface area contributed by atoms with E-state index in [-0.39, 0.29) is 30.7 Å². The number of benzene rings is 3. The van der Waals surface area contributed by atoms with Gasteiger partial charge in [-0.05, 0) is 60.0 Å². The molecule has 3 aromatic carbocycles. The van der Waals surface area contributed by atoms with E-state index >= 15 is 0 Å². The number of rotatable bonds is 4. The predicted molar refractivity (Wildman–Crippen MR) is 127 cm³/mol. The average Bonchev–Trinajstić information content (AvgIpc) is 2.86. The van der Waals surface area contributed by atoms with Crippen LogP contribution in [-0.4, -0.2) is 31.6 Å². The first-order chi connectivity index (χ1) is 16.8. The number of para-hydroxylation sites is 1. The highest BCUT2D eigenvalue weighted by Crippen LogP contribution is 2.40. The quantitative estimate of drug-likeness (QED) is 0.529. The third kappa shape index (κ3) is 4.83. The maximum atomic E-state index is 13.6. The van der Waals surface area contributed by atoms with Gasteiger partial charge in [0.15, 0.2) is 0 Å². The van der Waals surface area contributed by atoms with Crippen LogP contribution in [0.5, 0.6) is 0 Å². The van der Waals surface area contributed by atoms with Crippen LogP contribution in [0.2, 0.25) is 0 Å². The molecule has 4 nitrogen and oxygen atoms in total. The molecule has 1 fully saturated rings. The minimum Gasteiger partial charge on any atom is -0.368 e. The van der Waals surface area contributed by atoms with E-state index in [9.17, 15) is 22.4 Å². The molecular formula is C27H25F4N3O. The van der Waals surface area contributed by atoms with Crippen LogP contribution in [0, 0.1) is 11.7 Å². The van der Waals surface area contributed by atoms with Crippen molar-refractivity contribution in [2.24, 2.45) is 5.92 Å². The number of halogens is 4. The highest BCUT2D eigenvalue weighted by atomic mass is 19.4. The maximum Gasteiger partial charge on any atom is 0.416 e. The molecule has 2 aliphatic rings. The Morgan fingerprint density at radius 2 is 1.77 bits per heavy atom. The molecule has 0 aliphatic carbocycles. The summed E-state index contributed by atoms with van der Waals surface area (Å²) < 4.78 is 53.7. The lowest BCUT2D eigenvalue weighted by atomic mass is 9.82. The number of amides is 1. The Hall–Kier alpha value is -3.55. The Kier molecular flexibility index (Phi) is 6.13. The van der Waals surface area contributed by atoms with E-state index in [1.54, 1.807) is 12.1 Å². The van der Waals surface area contributed by atoms with Gasteiger partial charge in [0.05, 0.1) is 17.5 Å². The standard InChI is InChI=1S/C27H25F4N3O/c28-21-6-4-5-18(13-21)16-32-26(35)23-15-19-14-20(27(29,30)31)9-10-24(19)34-12-11-33(17-25(23)34)22-7-2-1-3-8-22/h1-10,13-14,23,25H,11-12,15-17H2,(H,32,35)/t23-,25-/m0/s1. The van der Waals surface area contributed by atoms with Gasteiger partial charge in [0, 0.05) is 37.6 Å². The molecule has 0 aromatic heterocycles. The van der Waals surface area contributed by atoms with Crippen molar-refractivity contribution in [2.75, 3.05) is 29.4 Å². The van der Waals surface area contributed by atoms with Crippen molar-refractivity contribution in [3.8, 4) is 0 Å². The molecule has 1 saturated heterocycles. The summed E-state index contributed by atoms with van der Waals surface area (Å²) >= 11 is 0. The minimum absolute atomic E-state index is 0.150. The molecule has 2 aliphatic heterocycles. The Morgan fingerprint density at radius 1 is 0.971 bits per heavy atom. The molecule has 0 spiro atoms. The topological polar surface area (TPSA) is 35.6 Å². The number of piperazine rings is 1. The van der Waals surface area contributed by atoms with E-state index in [1.165, 1.54) is 24.3 Å². The number of carbonyl (C=O) groups is 1. The summed E-state index contributed by atoms with van der Waals surface area (Å²) in [5, 5.41) is 2.89. The van der Waals surface area contributed by atoms with Gasteiger partial charge in [-0.15, -0.1) is 0 Å². The van der Waals surface area contributed by atoms with E-state index in [2.05, 4.69) is 15.1 Å². The van der Waals surface area contributed by atoms with Crippen LogP contribution in [0.4, 0.5) is 28.9 Å². The van der Waals surface area contributed by atoms with Crippen LogP contribution in [0.1, 0.15) is 16.7 Å². The Balaban J connectivity index is 1.44. The van der Waals surface area contributed by atoms with Gasteiger partial charge in [0.1, 0.15) is 5.82 Å². The second-order valence-corrected chi connectivity index (χ2v) is 9.04. The first kappa shape index (κ1) is 23.2. The number of alkyl halides is 3. The van der Waals surface area contributed by atoms with Crippen molar-refractivity contribution in [1.29, 1.82) is 0 Å². The lowest BCUT2D eigenvalue weighted by Crippen LogP contribution is -2.61. The number of anilines is 2. The third-order valence-corrected chi connectivity index (χ3v) is 6.85. The monoisotopic (exact) mass is 483 g/mol. The van der Waals surface area contributed by atoms with Crippen LogP contribution in [-0.2, 0) is 23.9 Å². The van der Waals surface area contributed by atoms with Gasteiger partial charge in [0.25, 0.3) is 0 Å². The summed E-state index contributed by atoms with van der Waals surface area (Å²) in [4.78, 5) is 17.7. The van der Waals surface area contributed by atoms with Gasteiger partial charge in [-0.3, -0.25) is 4.79 Å². The van der Waals surface area contributed by atoms with Crippen molar-refractivity contribution in [1.82, 2.24) is 5.32 Å². The highest BCUT2D eigenvalue weighted by Gasteiger charge is 2.42. The number of carbonyl (C=O) groups excluding carboxylic acids is 1. The minimum atomic E-state index is -4.45. The molecular weight excluding hydrogens is 458 g/mol. The third-order valence-electron chi connectivity index (χ3n) is 6.85. The Labute approximate surface area is 201 Å². The number of hydrogen-bond donors (Lipinski definition) is 1. The van der Waals surface area contributed by atoms with Crippen LogP contribution >= 0.6 is 0 Å². The van der Waals surface area contributed by atoms with Crippen molar-refractivity contribution < 1.29 is 22.4 Å². The van der Waals surface area contributed by atoms with Crippen molar-refractivity contribution in [3.63, 3.8) is 0 Å². The van der Waals surface area contributed by atoms with Crippen molar-refractivity contribution >= 4 is 17.3 Å². The largest absolute Gasteiger partial charge is 0.416 e. The maximum absolute atomic E-state index is 13.6. The lowest BCUT2D eigenvalue weighted by Gasteiger charge is -2.49. The molecule has 0 bridgehead atoms. The van der Waals surface area contributed by atoms with Crippen LogP contribution in [0.3, 0.4) is 0 Å². The van der Waals surface area contributed by atoms with E-state index in [0.29, 0.717) is 30.8 Å². The molecule has 8 heteroatoms. The zero-order valence-electron chi connectivity index (χ0n) is 18.9. The summed E-state index contributed by atoms with van der Waals surface area (Å²) in [5.41, 5.74) is 2.24. The molecule has 2 heterocycles. The van der Waals surface area contributed by atoms with E-state index in [4.69, 9.17) is 0 Å². The van der Waals surface area contributed by atoms with Gasteiger partial charge in [-0.2, -0.15) is 13.2 Å². The first-order valence-corrected chi connectivity index (χ1v) is 11.6. The van der Waals surface area contributed by atoms with Crippen molar-refractivity contribution in [3.05, 3.63) is 95.3 Å². The molecule has 1 amide bonds. The lowest BCUT2D eigenvalue weighted by molar-refractivity contribution is -0.137. The summed E-state index contributed by atoms with van der Waals surface area (Å²) in [5.74, 6) is -1.19. The number of fused-ring (bicyclic) bond motifs is 3. The van der Waals surface area contributed by atoms with Crippen LogP contribution in [0.25, 0.3) is 0 Å². The van der Waals surface area contributed by atoms with E-state index in [0.717, 1.165) is 17.4 Å². The van der Waals surface area contributed by atoms with Gasteiger partial charge in [0.2, 0.25) is 5.91 Å². The summed E-state index contributed by atoms with van der Waals surface area (Å²) in [6, 6.07) is 19.5. The second kappa shape index (κ2) is 9.24. The van der Waals surface area contributed by atoms with Gasteiger partial charge >= 0.3 is 6.18 Å². The van der Waals surface area contributed by atoms with Crippen LogP contribution in [0.15, 0.2) is 72.8 Å². The molecule has 1 N–H and O–H groups in total. The predicted octanol–water partition coefficient (Wildman–Crippen LogP) is 5.03. The summed E-state index contributed by atoms with van der Waals surface area (Å²) in [7, 11) is 0. The number of hydrogen-bond acceptors (Lipinski definition) is 3. The Bertz CT molecular complexity index is 1210. The molecule has 0 saturated carbocycles. The van der Waals surface area contributed by atoms with Crippen LogP contribution < -0.4 is 15.1 Å². The molecule has 35 heavy (non-hydrogen) atoms. The molecule has 0 unspecified atom stereocenters. The van der Waals surface area contributed by atoms with Gasteiger partial charge < -0.3 is 15.1 Å².